The van der Waals surface area contributed by atoms with E-state index in [1.807, 2.05) is 37.3 Å². The number of benzene rings is 1. The number of amidine groups is 1. The predicted octanol–water partition coefficient (Wildman–Crippen LogP) is 4.16. The fraction of sp³-hybridized carbons (Fsp3) is 0.158. The molecule has 22 heavy (non-hydrogen) atoms. The van der Waals surface area contributed by atoms with Crippen LogP contribution in [0.5, 0.6) is 0 Å². The van der Waals surface area contributed by atoms with Gasteiger partial charge in [0.25, 0.3) is 0 Å². The first kappa shape index (κ1) is 15.7. The van der Waals surface area contributed by atoms with Crippen LogP contribution in [0, 0.1) is 6.92 Å². The maximum Gasteiger partial charge on any atom is 0.151 e. The second-order valence-corrected chi connectivity index (χ2v) is 4.88. The van der Waals surface area contributed by atoms with Crippen LogP contribution >= 0.6 is 0 Å². The molecule has 0 spiro atoms. The second-order valence-electron chi connectivity index (χ2n) is 4.88. The number of hydrogen-bond acceptors (Lipinski definition) is 2. The van der Waals surface area contributed by atoms with Gasteiger partial charge in [0, 0.05) is 18.1 Å². The third-order valence-corrected chi connectivity index (χ3v) is 3.37. The molecular weight excluding hydrogens is 270 g/mol. The van der Waals surface area contributed by atoms with Crippen LogP contribution in [0.1, 0.15) is 18.2 Å². The molecule has 0 atom stereocenters. The summed E-state index contributed by atoms with van der Waals surface area (Å²) in [5, 5.41) is 4.44. The lowest BCUT2D eigenvalue weighted by Crippen LogP contribution is -2.24. The fourth-order valence-corrected chi connectivity index (χ4v) is 2.18. The molecule has 1 aromatic heterocycles. The lowest BCUT2D eigenvalue weighted by molar-refractivity contribution is 1.12. The molecule has 0 aliphatic carbocycles. The Morgan fingerprint density at radius 2 is 2.09 bits per heavy atom. The Morgan fingerprint density at radius 3 is 2.77 bits per heavy atom. The minimum Gasteiger partial charge on any atom is -0.339 e. The average Bonchev–Trinajstić information content (AvgIpc) is 2.55. The van der Waals surface area contributed by atoms with Crippen molar-refractivity contribution in [1.29, 1.82) is 0 Å². The highest BCUT2D eigenvalue weighted by Gasteiger charge is 2.07. The van der Waals surface area contributed by atoms with E-state index >= 15 is 0 Å². The van der Waals surface area contributed by atoms with Gasteiger partial charge in [0.15, 0.2) is 5.84 Å². The summed E-state index contributed by atoms with van der Waals surface area (Å²) < 4.78 is 0. The van der Waals surface area contributed by atoms with Gasteiger partial charge in [-0.1, -0.05) is 49.1 Å². The topological polar surface area (TPSA) is 37.3 Å². The molecule has 0 aliphatic heterocycles. The maximum absolute atomic E-state index is 4.75. The van der Waals surface area contributed by atoms with Crippen LogP contribution in [0.4, 0.5) is 0 Å². The van der Waals surface area contributed by atoms with Gasteiger partial charge in [0.2, 0.25) is 0 Å². The summed E-state index contributed by atoms with van der Waals surface area (Å²) in [6.45, 7) is 7.73. The Morgan fingerprint density at radius 1 is 1.27 bits per heavy atom. The summed E-state index contributed by atoms with van der Waals surface area (Å²) in [4.78, 5) is 9.08. The van der Waals surface area contributed by atoms with Gasteiger partial charge in [0.1, 0.15) is 5.69 Å². The molecule has 0 fully saturated rings. The molecule has 2 rings (SSSR count). The number of aromatic nitrogens is 1. The van der Waals surface area contributed by atoms with E-state index in [0.29, 0.717) is 0 Å². The summed E-state index contributed by atoms with van der Waals surface area (Å²) in [6.07, 6.45) is 7.56. The molecule has 0 unspecified atom stereocenters. The highest BCUT2D eigenvalue weighted by molar-refractivity contribution is 6.00. The summed E-state index contributed by atoms with van der Waals surface area (Å²) in [6, 6.07) is 10.2. The SMILES string of the molecule is C=C/C=C\C(=C\C)NC(=NC)c1ccc2cccc(C)c2n1. The van der Waals surface area contributed by atoms with E-state index < -0.39 is 0 Å². The number of para-hydroxylation sites is 1. The van der Waals surface area contributed by atoms with Gasteiger partial charge in [-0.25, -0.2) is 4.98 Å². The molecule has 2 aromatic rings. The van der Waals surface area contributed by atoms with E-state index in [1.54, 1.807) is 13.1 Å². The Labute approximate surface area is 131 Å². The normalized spacial score (nSPS) is 12.9. The summed E-state index contributed by atoms with van der Waals surface area (Å²) in [5.74, 6) is 0.743. The molecule has 0 bridgehead atoms. The average molecular weight is 291 g/mol. The van der Waals surface area contributed by atoms with Gasteiger partial charge < -0.3 is 5.32 Å². The monoisotopic (exact) mass is 291 g/mol. The molecule has 0 radical (unpaired) electrons. The van der Waals surface area contributed by atoms with Gasteiger partial charge in [-0.3, -0.25) is 4.99 Å². The molecule has 3 heteroatoms. The zero-order chi connectivity index (χ0) is 15.9. The number of aryl methyl sites for hydroxylation is 1. The standard InChI is InChI=1S/C19H21N3/c1-5-7-11-16(6-2)21-19(20-4)17-13-12-15-10-8-9-14(3)18(15)22-17/h5-13H,1H2,2-4H3,(H,20,21)/b11-7-,16-6-. The third-order valence-electron chi connectivity index (χ3n) is 3.37. The molecule has 0 aliphatic rings. The van der Waals surface area contributed by atoms with Crippen LogP contribution in [0.3, 0.4) is 0 Å². The van der Waals surface area contributed by atoms with Gasteiger partial charge in [-0.15, -0.1) is 0 Å². The number of aliphatic imine (C=N–C) groups is 1. The smallest absolute Gasteiger partial charge is 0.151 e. The molecule has 112 valence electrons. The minimum atomic E-state index is 0.743. The van der Waals surface area contributed by atoms with E-state index in [0.717, 1.165) is 33.7 Å². The van der Waals surface area contributed by atoms with Crippen molar-refractivity contribution in [1.82, 2.24) is 10.3 Å². The zero-order valence-electron chi connectivity index (χ0n) is 13.3. The molecule has 1 heterocycles. The minimum absolute atomic E-state index is 0.743. The number of nitrogens with one attached hydrogen (secondary N) is 1. The molecule has 0 saturated carbocycles. The van der Waals surface area contributed by atoms with Crippen LogP contribution in [0.15, 0.2) is 71.9 Å². The van der Waals surface area contributed by atoms with Crippen molar-refractivity contribution < 1.29 is 0 Å². The number of hydrogen-bond donors (Lipinski definition) is 1. The van der Waals surface area contributed by atoms with Gasteiger partial charge in [0.05, 0.1) is 5.52 Å². The van der Waals surface area contributed by atoms with Gasteiger partial charge in [-0.2, -0.15) is 0 Å². The molecule has 3 nitrogen and oxygen atoms in total. The fourth-order valence-electron chi connectivity index (χ4n) is 2.18. The van der Waals surface area contributed by atoms with E-state index in [2.05, 4.69) is 42.0 Å². The molecule has 0 amide bonds. The van der Waals surface area contributed by atoms with Crippen LogP contribution in [-0.4, -0.2) is 17.9 Å². The van der Waals surface area contributed by atoms with Crippen LogP contribution in [-0.2, 0) is 0 Å². The lowest BCUT2D eigenvalue weighted by atomic mass is 10.1. The number of rotatable bonds is 4. The Hall–Kier alpha value is -2.68. The van der Waals surface area contributed by atoms with Crippen molar-refractivity contribution in [3.05, 3.63) is 78.2 Å². The molecular formula is C19H21N3. The molecule has 1 N–H and O–H groups in total. The predicted molar refractivity (Wildman–Crippen MR) is 95.2 cm³/mol. The van der Waals surface area contributed by atoms with Crippen molar-refractivity contribution in [3.8, 4) is 0 Å². The highest BCUT2D eigenvalue weighted by atomic mass is 15.0. The van der Waals surface area contributed by atoms with E-state index in [-0.39, 0.29) is 0 Å². The van der Waals surface area contributed by atoms with Crippen molar-refractivity contribution in [3.63, 3.8) is 0 Å². The Kier molecular flexibility index (Phi) is 5.26. The van der Waals surface area contributed by atoms with Crippen LogP contribution in [0.25, 0.3) is 10.9 Å². The summed E-state index contributed by atoms with van der Waals surface area (Å²) >= 11 is 0. The molecule has 1 aromatic carbocycles. The van der Waals surface area contributed by atoms with Crippen molar-refractivity contribution in [2.24, 2.45) is 4.99 Å². The van der Waals surface area contributed by atoms with Crippen molar-refractivity contribution >= 4 is 16.7 Å². The van der Waals surface area contributed by atoms with Gasteiger partial charge in [-0.05, 0) is 31.6 Å². The molecule has 0 saturated heterocycles. The van der Waals surface area contributed by atoms with E-state index in [1.165, 1.54) is 0 Å². The van der Waals surface area contributed by atoms with Crippen molar-refractivity contribution in [2.45, 2.75) is 13.8 Å². The highest BCUT2D eigenvalue weighted by Crippen LogP contribution is 2.16. The number of fused-ring (bicyclic) bond motifs is 1. The van der Waals surface area contributed by atoms with Gasteiger partial charge >= 0.3 is 0 Å². The van der Waals surface area contributed by atoms with Crippen LogP contribution in [0.2, 0.25) is 0 Å². The number of nitrogens with zero attached hydrogens (tertiary/aromatic N) is 2. The Bertz CT molecular complexity index is 767. The summed E-state index contributed by atoms with van der Waals surface area (Å²) in [7, 11) is 1.76. The Balaban J connectivity index is 2.38. The second kappa shape index (κ2) is 7.36. The first-order valence-corrected chi connectivity index (χ1v) is 7.25. The zero-order valence-corrected chi connectivity index (χ0v) is 13.3. The van der Waals surface area contributed by atoms with E-state index in [4.69, 9.17) is 4.98 Å². The number of pyridine rings is 1. The summed E-state index contributed by atoms with van der Waals surface area (Å²) in [5.41, 5.74) is 3.95. The maximum atomic E-state index is 4.75. The van der Waals surface area contributed by atoms with E-state index in [9.17, 15) is 0 Å². The first-order chi connectivity index (χ1) is 10.7. The largest absolute Gasteiger partial charge is 0.339 e. The quantitative estimate of drug-likeness (QED) is 0.522. The third kappa shape index (κ3) is 3.50. The lowest BCUT2D eigenvalue weighted by Gasteiger charge is -2.11. The van der Waals surface area contributed by atoms with Crippen LogP contribution < -0.4 is 5.32 Å². The van der Waals surface area contributed by atoms with Crippen molar-refractivity contribution in [2.75, 3.05) is 7.05 Å². The first-order valence-electron chi connectivity index (χ1n) is 7.25. The number of allylic oxidation sites excluding steroid dienone is 4.